The van der Waals surface area contributed by atoms with Gasteiger partial charge in [0.05, 0.1) is 22.9 Å². The standard InChI is InChI=1S/C28H37N3O9S2/c1-20-7-13-24(14-8-20)42(37,38)29(6)19-25(32)31(21(2)26(33)40-28(3,4)5)22-9-11-23(12-10-22)39-27(34)30-15-17-41(35,36)18-16-30/h7-14,21H,15-19H2,1-6H3/t21-/m0/s1. The molecule has 3 rings (SSSR count). The Kier molecular flexibility index (Phi) is 10.1. The predicted molar refractivity (Wildman–Crippen MR) is 156 cm³/mol. The molecule has 42 heavy (non-hydrogen) atoms. The van der Waals surface area contributed by atoms with Crippen LogP contribution in [-0.4, -0.2) is 93.8 Å². The summed E-state index contributed by atoms with van der Waals surface area (Å²) in [5.41, 5.74) is 0.281. The Morgan fingerprint density at radius 1 is 0.976 bits per heavy atom. The third-order valence-electron chi connectivity index (χ3n) is 6.41. The molecule has 0 spiro atoms. The van der Waals surface area contributed by atoms with Crippen LogP contribution >= 0.6 is 0 Å². The number of likely N-dealkylation sites (N-methyl/N-ethyl adjacent to an activating group) is 1. The molecule has 12 nitrogen and oxygen atoms in total. The molecule has 1 heterocycles. The van der Waals surface area contributed by atoms with Crippen molar-refractivity contribution in [3.63, 3.8) is 0 Å². The molecule has 1 atom stereocenters. The number of hydrogen-bond donors (Lipinski definition) is 0. The molecule has 0 saturated carbocycles. The number of carbonyl (C=O) groups excluding carboxylic acids is 3. The van der Waals surface area contributed by atoms with Crippen LogP contribution in [-0.2, 0) is 34.2 Å². The van der Waals surface area contributed by atoms with Gasteiger partial charge in [0.25, 0.3) is 0 Å². The fourth-order valence-corrected chi connectivity index (χ4v) is 6.37. The Bertz CT molecular complexity index is 1500. The Morgan fingerprint density at radius 3 is 2.05 bits per heavy atom. The molecule has 0 unspecified atom stereocenters. The number of rotatable bonds is 8. The van der Waals surface area contributed by atoms with E-state index in [1.54, 1.807) is 32.9 Å². The molecule has 0 aliphatic carbocycles. The number of ether oxygens (including phenoxy) is 2. The van der Waals surface area contributed by atoms with Crippen molar-refractivity contribution >= 4 is 43.5 Å². The molecule has 1 saturated heterocycles. The summed E-state index contributed by atoms with van der Waals surface area (Å²) >= 11 is 0. The molecule has 1 aliphatic rings. The first-order valence-electron chi connectivity index (χ1n) is 13.2. The Labute approximate surface area is 247 Å². The summed E-state index contributed by atoms with van der Waals surface area (Å²) in [6, 6.07) is 10.8. The van der Waals surface area contributed by atoms with Crippen molar-refractivity contribution in [2.75, 3.05) is 43.1 Å². The molecule has 0 aromatic heterocycles. The van der Waals surface area contributed by atoms with Crippen LogP contribution in [0.4, 0.5) is 10.5 Å². The van der Waals surface area contributed by atoms with Gasteiger partial charge in [0.2, 0.25) is 15.9 Å². The van der Waals surface area contributed by atoms with Gasteiger partial charge in [-0.3, -0.25) is 9.69 Å². The molecule has 2 aromatic carbocycles. The zero-order valence-electron chi connectivity index (χ0n) is 24.6. The van der Waals surface area contributed by atoms with Crippen molar-refractivity contribution in [3.05, 3.63) is 54.1 Å². The third-order valence-corrected chi connectivity index (χ3v) is 9.84. The second-order valence-electron chi connectivity index (χ2n) is 11.0. The average molecular weight is 624 g/mol. The lowest BCUT2D eigenvalue weighted by atomic mass is 10.1. The van der Waals surface area contributed by atoms with Gasteiger partial charge in [-0.05, 0) is 71.0 Å². The van der Waals surface area contributed by atoms with Gasteiger partial charge in [0.15, 0.2) is 9.84 Å². The van der Waals surface area contributed by atoms with Gasteiger partial charge in [-0.15, -0.1) is 0 Å². The van der Waals surface area contributed by atoms with E-state index in [2.05, 4.69) is 0 Å². The highest BCUT2D eigenvalue weighted by molar-refractivity contribution is 7.91. The molecule has 230 valence electrons. The molecule has 2 aromatic rings. The lowest BCUT2D eigenvalue weighted by Gasteiger charge is -2.31. The largest absolute Gasteiger partial charge is 0.458 e. The summed E-state index contributed by atoms with van der Waals surface area (Å²) in [4.78, 5) is 41.5. The van der Waals surface area contributed by atoms with Gasteiger partial charge in [0, 0.05) is 25.8 Å². The van der Waals surface area contributed by atoms with E-state index in [1.807, 2.05) is 6.92 Å². The second kappa shape index (κ2) is 12.8. The first kappa shape index (κ1) is 33.0. The molecule has 1 fully saturated rings. The number of nitrogens with zero attached hydrogens (tertiary/aromatic N) is 3. The highest BCUT2D eigenvalue weighted by Gasteiger charge is 2.34. The molecule has 0 N–H and O–H groups in total. The minimum Gasteiger partial charge on any atom is -0.458 e. The SMILES string of the molecule is Cc1ccc(S(=O)(=O)N(C)CC(=O)N(c2ccc(OC(=O)N3CCS(=O)(=O)CC3)cc2)[C@@H](C)C(=O)OC(C)(C)C)cc1. The normalized spacial score (nSPS) is 16.0. The Morgan fingerprint density at radius 2 is 1.52 bits per heavy atom. The van der Waals surface area contributed by atoms with E-state index in [4.69, 9.17) is 9.47 Å². The van der Waals surface area contributed by atoms with Crippen LogP contribution in [0.15, 0.2) is 53.4 Å². The highest BCUT2D eigenvalue weighted by Crippen LogP contribution is 2.25. The van der Waals surface area contributed by atoms with E-state index in [9.17, 15) is 31.2 Å². The van der Waals surface area contributed by atoms with Gasteiger partial charge < -0.3 is 14.4 Å². The van der Waals surface area contributed by atoms with Gasteiger partial charge in [-0.25, -0.2) is 26.4 Å². The van der Waals surface area contributed by atoms with Gasteiger partial charge in [-0.2, -0.15) is 4.31 Å². The van der Waals surface area contributed by atoms with Crippen LogP contribution in [0.3, 0.4) is 0 Å². The Balaban J connectivity index is 1.83. The van der Waals surface area contributed by atoms with Crippen molar-refractivity contribution in [1.29, 1.82) is 0 Å². The number of hydrogen-bond acceptors (Lipinski definition) is 9. The number of sulfone groups is 1. The summed E-state index contributed by atoms with van der Waals surface area (Å²) < 4.78 is 61.3. The lowest BCUT2D eigenvalue weighted by molar-refractivity contribution is -0.156. The van der Waals surface area contributed by atoms with Crippen LogP contribution in [0.5, 0.6) is 5.75 Å². The van der Waals surface area contributed by atoms with Crippen LogP contribution in [0.25, 0.3) is 0 Å². The smallest absolute Gasteiger partial charge is 0.415 e. The summed E-state index contributed by atoms with van der Waals surface area (Å²) in [6.07, 6.45) is -0.712. The summed E-state index contributed by atoms with van der Waals surface area (Å²) in [5.74, 6) is -1.54. The van der Waals surface area contributed by atoms with Crippen molar-refractivity contribution < 1.29 is 40.7 Å². The number of sulfonamides is 1. The highest BCUT2D eigenvalue weighted by atomic mass is 32.2. The monoisotopic (exact) mass is 623 g/mol. The van der Waals surface area contributed by atoms with E-state index >= 15 is 0 Å². The summed E-state index contributed by atoms with van der Waals surface area (Å²) in [5, 5.41) is 0. The molecule has 0 bridgehead atoms. The van der Waals surface area contributed by atoms with Crippen molar-refractivity contribution in [3.8, 4) is 5.75 Å². The maximum Gasteiger partial charge on any atom is 0.415 e. The second-order valence-corrected chi connectivity index (χ2v) is 15.4. The molecule has 1 aliphatic heterocycles. The Hall–Kier alpha value is -3.49. The van der Waals surface area contributed by atoms with Gasteiger partial charge in [-0.1, -0.05) is 17.7 Å². The average Bonchev–Trinajstić information content (AvgIpc) is 2.88. The number of benzene rings is 2. The van der Waals surface area contributed by atoms with Crippen molar-refractivity contribution in [1.82, 2.24) is 9.21 Å². The maximum absolute atomic E-state index is 13.6. The predicted octanol–water partition coefficient (Wildman–Crippen LogP) is 2.61. The molecular formula is C28H37N3O9S2. The number of anilines is 1. The number of aryl methyl sites for hydroxylation is 1. The van der Waals surface area contributed by atoms with Crippen LogP contribution in [0.2, 0.25) is 0 Å². The van der Waals surface area contributed by atoms with Gasteiger partial charge >= 0.3 is 12.1 Å². The maximum atomic E-state index is 13.6. The zero-order valence-corrected chi connectivity index (χ0v) is 26.2. The quantitative estimate of drug-likeness (QED) is 0.405. The molecule has 2 amide bonds. The number of esters is 1. The van der Waals surface area contributed by atoms with Crippen LogP contribution in [0, 0.1) is 6.92 Å². The van der Waals surface area contributed by atoms with E-state index < -0.39 is 56.0 Å². The molecule has 0 radical (unpaired) electrons. The number of amides is 2. The summed E-state index contributed by atoms with van der Waals surface area (Å²) in [6.45, 7) is 7.83. The van der Waals surface area contributed by atoms with Crippen LogP contribution < -0.4 is 9.64 Å². The first-order valence-corrected chi connectivity index (χ1v) is 16.5. The fourth-order valence-electron chi connectivity index (χ4n) is 4.05. The molecule has 14 heteroatoms. The van der Waals surface area contributed by atoms with Crippen LogP contribution in [0.1, 0.15) is 33.3 Å². The minimum absolute atomic E-state index is 0.0209. The third kappa shape index (κ3) is 8.52. The zero-order chi connectivity index (χ0) is 31.5. The fraction of sp³-hybridized carbons (Fsp3) is 0.464. The van der Waals surface area contributed by atoms with E-state index in [-0.39, 0.29) is 40.9 Å². The molecular weight excluding hydrogens is 586 g/mol. The van der Waals surface area contributed by atoms with Crippen molar-refractivity contribution in [2.45, 2.75) is 51.2 Å². The van der Waals surface area contributed by atoms with Crippen molar-refractivity contribution in [2.24, 2.45) is 0 Å². The van der Waals surface area contributed by atoms with Gasteiger partial charge in [0.1, 0.15) is 17.4 Å². The summed E-state index contributed by atoms with van der Waals surface area (Å²) in [7, 11) is -5.91. The lowest BCUT2D eigenvalue weighted by Crippen LogP contribution is -2.49. The first-order chi connectivity index (χ1) is 19.4. The van der Waals surface area contributed by atoms with E-state index in [0.717, 1.165) is 14.8 Å². The van der Waals surface area contributed by atoms with E-state index in [0.29, 0.717) is 0 Å². The number of carbonyl (C=O) groups is 3. The topological polar surface area (TPSA) is 148 Å². The van der Waals surface area contributed by atoms with E-state index in [1.165, 1.54) is 55.3 Å². The minimum atomic E-state index is -4.01.